The largest absolute Gasteiger partial charge is 0.391 e. The van der Waals surface area contributed by atoms with Crippen molar-refractivity contribution in [3.8, 4) is 0 Å². The molecule has 0 saturated carbocycles. The maximum absolute atomic E-state index is 12.2. The third kappa shape index (κ3) is 5.15. The molecule has 0 amide bonds. The number of aliphatic hydroxyl groups is 1. The maximum atomic E-state index is 12.2. The van der Waals surface area contributed by atoms with Crippen LogP contribution in [0, 0.1) is 6.92 Å². The van der Waals surface area contributed by atoms with Crippen molar-refractivity contribution in [3.63, 3.8) is 0 Å². The molecule has 9 heteroatoms. The highest BCUT2D eigenvalue weighted by molar-refractivity contribution is 7.89. The van der Waals surface area contributed by atoms with Crippen LogP contribution in [-0.2, 0) is 23.6 Å². The van der Waals surface area contributed by atoms with E-state index in [1.54, 1.807) is 12.1 Å². The second kappa shape index (κ2) is 7.68. The maximum Gasteiger partial charge on any atom is 0.332 e. The molecule has 0 unspecified atom stereocenters. The predicted octanol–water partition coefficient (Wildman–Crippen LogP) is 1.51. The van der Waals surface area contributed by atoms with E-state index in [0.717, 1.165) is 5.56 Å². The summed E-state index contributed by atoms with van der Waals surface area (Å²) in [6, 6.07) is 5.46. The van der Waals surface area contributed by atoms with E-state index >= 15 is 0 Å². The summed E-state index contributed by atoms with van der Waals surface area (Å²) >= 11 is 0. The third-order valence-electron chi connectivity index (χ3n) is 3.22. The molecule has 1 aromatic rings. The van der Waals surface area contributed by atoms with Crippen molar-refractivity contribution < 1.29 is 27.1 Å². The summed E-state index contributed by atoms with van der Waals surface area (Å²) in [5.41, 5.74) is 0.938. The molecule has 2 atom stereocenters. The van der Waals surface area contributed by atoms with Crippen molar-refractivity contribution in [2.45, 2.75) is 30.9 Å². The molecule has 0 aliphatic rings. The Morgan fingerprint density at radius 3 is 2.18 bits per heavy atom. The van der Waals surface area contributed by atoms with E-state index in [9.17, 15) is 18.1 Å². The molecule has 0 bridgehead atoms. The van der Waals surface area contributed by atoms with Crippen LogP contribution < -0.4 is 4.72 Å². The molecule has 0 aromatic heterocycles. The first-order chi connectivity index (χ1) is 10.1. The van der Waals surface area contributed by atoms with E-state index in [4.69, 9.17) is 9.05 Å². The first-order valence-corrected chi connectivity index (χ1v) is 9.82. The van der Waals surface area contributed by atoms with Crippen molar-refractivity contribution in [2.24, 2.45) is 0 Å². The Balaban J connectivity index is 2.80. The third-order valence-corrected chi connectivity index (χ3v) is 6.73. The lowest BCUT2D eigenvalue weighted by Crippen LogP contribution is -2.42. The average Bonchev–Trinajstić information content (AvgIpc) is 2.47. The number of hydrogen-bond donors (Lipinski definition) is 2. The van der Waals surface area contributed by atoms with Gasteiger partial charge in [-0.05, 0) is 26.0 Å². The van der Waals surface area contributed by atoms with Crippen LogP contribution in [0.4, 0.5) is 0 Å². The fraction of sp³-hybridized carbons (Fsp3) is 0.538. The number of sulfonamides is 1. The van der Waals surface area contributed by atoms with Gasteiger partial charge in [0.2, 0.25) is 10.0 Å². The summed E-state index contributed by atoms with van der Waals surface area (Å²) in [6.07, 6.45) is -1.52. The van der Waals surface area contributed by atoms with Crippen LogP contribution in [0.3, 0.4) is 0 Å². The number of nitrogens with one attached hydrogen (secondary N) is 1. The fourth-order valence-corrected chi connectivity index (χ4v) is 4.22. The Labute approximate surface area is 131 Å². The molecule has 0 saturated heterocycles. The number of aliphatic hydroxyl groups excluding tert-OH is 1. The van der Waals surface area contributed by atoms with Crippen molar-refractivity contribution in [2.75, 3.05) is 20.4 Å². The zero-order chi connectivity index (χ0) is 17.0. The lowest BCUT2D eigenvalue weighted by Gasteiger charge is -2.23. The van der Waals surface area contributed by atoms with Gasteiger partial charge in [0.05, 0.1) is 17.2 Å². The molecule has 0 heterocycles. The van der Waals surface area contributed by atoms with Gasteiger partial charge in [-0.2, -0.15) is 0 Å². The molecule has 0 radical (unpaired) electrons. The lowest BCUT2D eigenvalue weighted by atomic mass is 10.2. The highest BCUT2D eigenvalue weighted by Gasteiger charge is 2.30. The Hall–Kier alpha value is -0.760. The van der Waals surface area contributed by atoms with Gasteiger partial charge in [0.1, 0.15) is 0 Å². The SMILES string of the molecule is COP(=O)(C[C@H](O)[C@H](C)NS(=O)(=O)c1ccc(C)cc1)OC. The van der Waals surface area contributed by atoms with Crippen molar-refractivity contribution in [1.82, 2.24) is 4.72 Å². The minimum atomic E-state index is -3.77. The van der Waals surface area contributed by atoms with Crippen LogP contribution in [0.2, 0.25) is 0 Å². The van der Waals surface area contributed by atoms with Crippen LogP contribution in [0.1, 0.15) is 12.5 Å². The molecule has 2 N–H and O–H groups in total. The van der Waals surface area contributed by atoms with E-state index < -0.39 is 29.8 Å². The minimum absolute atomic E-state index is 0.0961. The summed E-state index contributed by atoms with van der Waals surface area (Å²) in [5.74, 6) is 0. The quantitative estimate of drug-likeness (QED) is 0.689. The molecule has 7 nitrogen and oxygen atoms in total. The van der Waals surface area contributed by atoms with Crippen molar-refractivity contribution in [1.29, 1.82) is 0 Å². The standard InChI is InChI=1S/C13H22NO6PS/c1-10-5-7-12(8-6-10)22(17,18)14-11(2)13(15)9-21(16,19-3)20-4/h5-8,11,13-15H,9H2,1-4H3/t11-,13-/m0/s1. The molecular weight excluding hydrogens is 329 g/mol. The average molecular weight is 351 g/mol. The monoisotopic (exact) mass is 351 g/mol. The molecule has 0 spiro atoms. The van der Waals surface area contributed by atoms with Gasteiger partial charge in [-0.15, -0.1) is 0 Å². The van der Waals surface area contributed by atoms with Gasteiger partial charge >= 0.3 is 7.60 Å². The fourth-order valence-electron chi connectivity index (χ4n) is 1.72. The van der Waals surface area contributed by atoms with Gasteiger partial charge in [-0.3, -0.25) is 4.57 Å². The van der Waals surface area contributed by atoms with Gasteiger partial charge in [0, 0.05) is 20.3 Å². The highest BCUT2D eigenvalue weighted by Crippen LogP contribution is 2.47. The van der Waals surface area contributed by atoms with E-state index in [1.165, 1.54) is 33.3 Å². The predicted molar refractivity (Wildman–Crippen MR) is 83.5 cm³/mol. The highest BCUT2D eigenvalue weighted by atomic mass is 32.2. The summed E-state index contributed by atoms with van der Waals surface area (Å²) < 4.78 is 48.2. The number of hydrogen-bond acceptors (Lipinski definition) is 6. The first kappa shape index (κ1) is 19.3. The van der Waals surface area contributed by atoms with Crippen molar-refractivity contribution in [3.05, 3.63) is 29.8 Å². The van der Waals surface area contributed by atoms with E-state index in [0.29, 0.717) is 0 Å². The van der Waals surface area contributed by atoms with Crippen LogP contribution in [-0.4, -0.2) is 46.1 Å². The Morgan fingerprint density at radius 1 is 1.23 bits per heavy atom. The van der Waals surface area contributed by atoms with Gasteiger partial charge in [0.25, 0.3) is 0 Å². The van der Waals surface area contributed by atoms with Crippen LogP contribution >= 0.6 is 7.60 Å². The van der Waals surface area contributed by atoms with E-state index in [-0.39, 0.29) is 11.1 Å². The molecule has 1 rings (SSSR count). The topological polar surface area (TPSA) is 102 Å². The second-order valence-electron chi connectivity index (χ2n) is 4.95. The van der Waals surface area contributed by atoms with Gasteiger partial charge in [0.15, 0.2) is 0 Å². The van der Waals surface area contributed by atoms with Gasteiger partial charge in [-0.1, -0.05) is 17.7 Å². The number of benzene rings is 1. The zero-order valence-corrected chi connectivity index (χ0v) is 14.7. The molecule has 22 heavy (non-hydrogen) atoms. The Kier molecular flexibility index (Phi) is 6.73. The summed E-state index contributed by atoms with van der Waals surface area (Å²) in [7, 11) is -4.78. The molecule has 126 valence electrons. The van der Waals surface area contributed by atoms with E-state index in [1.807, 2.05) is 6.92 Å². The van der Waals surface area contributed by atoms with Crippen LogP contribution in [0.15, 0.2) is 29.2 Å². The first-order valence-electron chi connectivity index (χ1n) is 6.61. The Morgan fingerprint density at radius 2 is 1.73 bits per heavy atom. The van der Waals surface area contributed by atoms with Crippen LogP contribution in [0.25, 0.3) is 0 Å². The minimum Gasteiger partial charge on any atom is -0.391 e. The van der Waals surface area contributed by atoms with Crippen LogP contribution in [0.5, 0.6) is 0 Å². The molecular formula is C13H22NO6PS. The van der Waals surface area contributed by atoms with Crippen molar-refractivity contribution >= 4 is 17.6 Å². The molecule has 0 fully saturated rings. The second-order valence-corrected chi connectivity index (χ2v) is 8.98. The van der Waals surface area contributed by atoms with Gasteiger partial charge in [-0.25, -0.2) is 13.1 Å². The van der Waals surface area contributed by atoms with E-state index in [2.05, 4.69) is 4.72 Å². The number of rotatable bonds is 8. The smallest absolute Gasteiger partial charge is 0.332 e. The summed E-state index contributed by atoms with van der Waals surface area (Å²) in [6.45, 7) is 3.33. The lowest BCUT2D eigenvalue weighted by molar-refractivity contribution is 0.153. The summed E-state index contributed by atoms with van der Waals surface area (Å²) in [4.78, 5) is 0.0961. The molecule has 1 aromatic carbocycles. The Bertz CT molecular complexity index is 622. The summed E-state index contributed by atoms with van der Waals surface area (Å²) in [5, 5.41) is 10.0. The zero-order valence-electron chi connectivity index (χ0n) is 13.0. The normalized spacial score (nSPS) is 15.5. The number of aryl methyl sites for hydroxylation is 1. The molecule has 0 aliphatic carbocycles. The molecule has 0 aliphatic heterocycles. The van der Waals surface area contributed by atoms with Gasteiger partial charge < -0.3 is 14.2 Å².